The molecule has 3 fully saturated rings. The minimum atomic E-state index is -6.32. The van der Waals surface area contributed by atoms with E-state index in [1.807, 2.05) is 0 Å². The zero-order valence-electron chi connectivity index (χ0n) is 12.7. The molecule has 1 aliphatic heterocycles. The molecule has 0 aromatic rings. The molecule has 2 aliphatic carbocycles. The lowest BCUT2D eigenvalue weighted by atomic mass is 9.82. The molecule has 1 heterocycles. The molecular formula is C13H15F4NO6S. The Morgan fingerprint density at radius 2 is 1.60 bits per heavy atom. The molecule has 2 amide bonds. The van der Waals surface area contributed by atoms with Crippen LogP contribution < -0.4 is 0 Å². The number of amides is 2. The van der Waals surface area contributed by atoms with Gasteiger partial charge in [-0.15, -0.1) is 9.35 Å². The van der Waals surface area contributed by atoms with E-state index in [0.717, 1.165) is 0 Å². The molecule has 12 heteroatoms. The summed E-state index contributed by atoms with van der Waals surface area (Å²) in [5.74, 6) is -11.0. The number of carbonyl (C=O) groups excluding carboxylic acids is 2. The smallest absolute Gasteiger partial charge is 0.393 e. The summed E-state index contributed by atoms with van der Waals surface area (Å²) in [6, 6.07) is 0. The number of aliphatic hydroxyl groups is 1. The van der Waals surface area contributed by atoms with E-state index in [1.54, 1.807) is 0 Å². The Morgan fingerprint density at radius 3 is 2.08 bits per heavy atom. The number of hydrogen-bond donors (Lipinski definition) is 1. The number of halogens is 4. The second kappa shape index (κ2) is 5.61. The molecule has 0 spiro atoms. The highest BCUT2D eigenvalue weighted by Gasteiger charge is 2.73. The van der Waals surface area contributed by atoms with Crippen molar-refractivity contribution >= 4 is 21.9 Å². The van der Waals surface area contributed by atoms with Gasteiger partial charge in [-0.05, 0) is 31.1 Å². The summed E-state index contributed by atoms with van der Waals surface area (Å²) < 4.78 is 84.4. The van der Waals surface area contributed by atoms with Crippen LogP contribution in [0, 0.1) is 17.8 Å². The second-order valence-electron chi connectivity index (χ2n) is 6.66. The molecule has 0 radical (unpaired) electrons. The highest BCUT2D eigenvalue weighted by molar-refractivity contribution is 7.87. The Morgan fingerprint density at radius 1 is 1.04 bits per heavy atom. The van der Waals surface area contributed by atoms with Crippen LogP contribution >= 0.6 is 0 Å². The van der Waals surface area contributed by atoms with Gasteiger partial charge in [0.15, 0.2) is 0 Å². The van der Waals surface area contributed by atoms with Crippen LogP contribution in [0.4, 0.5) is 17.6 Å². The van der Waals surface area contributed by atoms with Crippen molar-refractivity contribution < 1.29 is 45.0 Å². The number of alkyl halides is 4. The first-order chi connectivity index (χ1) is 11.4. The average Bonchev–Trinajstić information content (AvgIpc) is 3.16. The van der Waals surface area contributed by atoms with E-state index in [9.17, 15) is 40.7 Å². The molecule has 25 heavy (non-hydrogen) atoms. The fourth-order valence-corrected chi connectivity index (χ4v) is 4.84. The summed E-state index contributed by atoms with van der Waals surface area (Å²) >= 11 is 0. The SMILES string of the molecule is O=C1CCC(=O)N1OS(=O)(=O)C(F)(F)C(F)(F)C1CC2CC(O)C1C2. The number of hydrogen-bond acceptors (Lipinski definition) is 6. The lowest BCUT2D eigenvalue weighted by Gasteiger charge is -2.36. The minimum absolute atomic E-state index is 0.113. The van der Waals surface area contributed by atoms with Gasteiger partial charge in [-0.2, -0.15) is 26.0 Å². The van der Waals surface area contributed by atoms with Crippen LogP contribution in [0.1, 0.15) is 32.1 Å². The summed E-state index contributed by atoms with van der Waals surface area (Å²) in [6.07, 6.45) is -2.15. The van der Waals surface area contributed by atoms with Crippen LogP contribution in [0.15, 0.2) is 0 Å². The van der Waals surface area contributed by atoms with Crippen LogP contribution in [-0.4, -0.2) is 47.7 Å². The molecule has 4 unspecified atom stereocenters. The molecule has 2 bridgehead atoms. The molecular weight excluding hydrogens is 374 g/mol. The maximum absolute atomic E-state index is 14.4. The summed E-state index contributed by atoms with van der Waals surface area (Å²) in [5, 5.41) is 3.57. The maximum Gasteiger partial charge on any atom is 0.433 e. The van der Waals surface area contributed by atoms with E-state index < -0.39 is 69.0 Å². The third-order valence-corrected chi connectivity index (χ3v) is 6.37. The molecule has 4 atom stereocenters. The predicted molar refractivity (Wildman–Crippen MR) is 71.3 cm³/mol. The van der Waals surface area contributed by atoms with E-state index in [2.05, 4.69) is 4.28 Å². The minimum Gasteiger partial charge on any atom is -0.393 e. The third kappa shape index (κ3) is 2.65. The summed E-state index contributed by atoms with van der Waals surface area (Å²) in [5.41, 5.74) is 0. The topological polar surface area (TPSA) is 101 Å². The Balaban J connectivity index is 1.86. The van der Waals surface area contributed by atoms with Gasteiger partial charge in [0.2, 0.25) is 0 Å². The lowest BCUT2D eigenvalue weighted by Crippen LogP contribution is -2.55. The lowest BCUT2D eigenvalue weighted by molar-refractivity contribution is -0.214. The predicted octanol–water partition coefficient (Wildman–Crippen LogP) is 1.03. The largest absolute Gasteiger partial charge is 0.433 e. The summed E-state index contributed by atoms with van der Waals surface area (Å²) in [7, 11) is -6.32. The number of carbonyl (C=O) groups is 2. The van der Waals surface area contributed by atoms with Crippen molar-refractivity contribution in [1.29, 1.82) is 0 Å². The molecule has 3 rings (SSSR count). The second-order valence-corrected chi connectivity index (χ2v) is 8.23. The van der Waals surface area contributed by atoms with E-state index >= 15 is 0 Å². The Bertz CT molecular complexity index is 695. The van der Waals surface area contributed by atoms with Gasteiger partial charge < -0.3 is 5.11 Å². The number of nitrogens with zero attached hydrogens (tertiary/aromatic N) is 1. The molecule has 0 aromatic carbocycles. The van der Waals surface area contributed by atoms with E-state index in [0.29, 0.717) is 0 Å². The van der Waals surface area contributed by atoms with Gasteiger partial charge in [-0.3, -0.25) is 9.59 Å². The van der Waals surface area contributed by atoms with Crippen molar-refractivity contribution in [3.05, 3.63) is 0 Å². The number of hydroxylamine groups is 2. The number of aliphatic hydroxyl groups excluding tert-OH is 1. The molecule has 1 N–H and O–H groups in total. The van der Waals surface area contributed by atoms with E-state index in [4.69, 9.17) is 0 Å². The summed E-state index contributed by atoms with van der Waals surface area (Å²) in [6.45, 7) is 0. The highest BCUT2D eigenvalue weighted by atomic mass is 32.2. The van der Waals surface area contributed by atoms with Gasteiger partial charge in [0.05, 0.1) is 6.10 Å². The van der Waals surface area contributed by atoms with Crippen molar-refractivity contribution in [3.8, 4) is 0 Å². The molecule has 142 valence electrons. The maximum atomic E-state index is 14.4. The molecule has 7 nitrogen and oxygen atoms in total. The van der Waals surface area contributed by atoms with Gasteiger partial charge in [0.1, 0.15) is 0 Å². The fourth-order valence-electron chi connectivity index (χ4n) is 3.90. The van der Waals surface area contributed by atoms with E-state index in [-0.39, 0.29) is 25.2 Å². The van der Waals surface area contributed by atoms with Gasteiger partial charge >= 0.3 is 21.3 Å². The fraction of sp³-hybridized carbons (Fsp3) is 0.846. The quantitative estimate of drug-likeness (QED) is 0.557. The van der Waals surface area contributed by atoms with Gasteiger partial charge in [0, 0.05) is 18.8 Å². The number of rotatable bonds is 5. The first-order valence-electron chi connectivity index (χ1n) is 7.62. The number of fused-ring (bicyclic) bond motifs is 2. The van der Waals surface area contributed by atoms with Crippen molar-refractivity contribution in [2.75, 3.05) is 0 Å². The monoisotopic (exact) mass is 389 g/mol. The zero-order chi connectivity index (χ0) is 18.8. The van der Waals surface area contributed by atoms with Gasteiger partial charge in [-0.1, -0.05) is 0 Å². The third-order valence-electron chi connectivity index (χ3n) is 5.12. The Labute approximate surface area is 140 Å². The number of imide groups is 1. The van der Waals surface area contributed by atoms with Crippen molar-refractivity contribution in [3.63, 3.8) is 0 Å². The highest BCUT2D eigenvalue weighted by Crippen LogP contribution is 2.58. The molecule has 0 aromatic heterocycles. The molecule has 1 saturated heterocycles. The Kier molecular flexibility index (Phi) is 4.16. The standard InChI is InChI=1S/C13H15F4NO6S/c14-12(15,8-4-6-3-7(8)9(19)5-6)13(16,17)25(22,23)24-18-10(20)1-2-11(18)21/h6-9,19H,1-5H2. The van der Waals surface area contributed by atoms with Crippen LogP contribution in [0.2, 0.25) is 0 Å². The van der Waals surface area contributed by atoms with Gasteiger partial charge in [0.25, 0.3) is 11.8 Å². The summed E-state index contributed by atoms with van der Waals surface area (Å²) in [4.78, 5) is 22.6. The van der Waals surface area contributed by atoms with Crippen LogP contribution in [-0.2, 0) is 24.0 Å². The van der Waals surface area contributed by atoms with Crippen molar-refractivity contribution in [2.24, 2.45) is 17.8 Å². The Hall–Kier alpha value is -1.27. The van der Waals surface area contributed by atoms with Gasteiger partial charge in [-0.25, -0.2) is 0 Å². The van der Waals surface area contributed by atoms with E-state index in [1.165, 1.54) is 0 Å². The zero-order valence-corrected chi connectivity index (χ0v) is 13.5. The first kappa shape index (κ1) is 18.5. The van der Waals surface area contributed by atoms with Crippen LogP contribution in [0.25, 0.3) is 0 Å². The first-order valence-corrected chi connectivity index (χ1v) is 9.03. The molecule has 3 aliphatic rings. The molecule has 2 saturated carbocycles. The average molecular weight is 389 g/mol. The van der Waals surface area contributed by atoms with Crippen molar-refractivity contribution in [2.45, 2.75) is 49.4 Å². The van der Waals surface area contributed by atoms with Crippen LogP contribution in [0.5, 0.6) is 0 Å². The van der Waals surface area contributed by atoms with Crippen LogP contribution in [0.3, 0.4) is 0 Å². The normalized spacial score (nSPS) is 33.6. The van der Waals surface area contributed by atoms with Crippen molar-refractivity contribution in [1.82, 2.24) is 5.06 Å².